The first-order valence-electron chi connectivity index (χ1n) is 10.2. The van der Waals surface area contributed by atoms with Crippen LogP contribution in [0.1, 0.15) is 42.7 Å². The Bertz CT molecular complexity index is 919. The maximum absolute atomic E-state index is 12.9. The zero-order valence-electron chi connectivity index (χ0n) is 18.0. The Morgan fingerprint density at radius 1 is 1.31 bits per heavy atom. The largest absolute Gasteiger partial charge is 0.495 e. The van der Waals surface area contributed by atoms with E-state index in [-0.39, 0.29) is 12.5 Å². The first-order valence-corrected chi connectivity index (χ1v) is 10.2. The topological polar surface area (TPSA) is 72.8 Å². The van der Waals surface area contributed by atoms with Crippen LogP contribution in [0.15, 0.2) is 12.1 Å². The third kappa shape index (κ3) is 4.24. The fourth-order valence-electron chi connectivity index (χ4n) is 4.19. The van der Waals surface area contributed by atoms with E-state index in [4.69, 9.17) is 9.47 Å². The molecule has 7 nitrogen and oxygen atoms in total. The quantitative estimate of drug-likeness (QED) is 0.752. The number of carbonyl (C=O) groups is 2. The van der Waals surface area contributed by atoms with Crippen LogP contribution in [0, 0.1) is 12.8 Å². The van der Waals surface area contributed by atoms with E-state index in [1.807, 2.05) is 30.7 Å². The number of rotatable bonds is 6. The summed E-state index contributed by atoms with van der Waals surface area (Å²) in [5.74, 6) is 0.612. The van der Waals surface area contributed by atoms with E-state index in [2.05, 4.69) is 17.1 Å². The zero-order chi connectivity index (χ0) is 21.1. The Balaban J connectivity index is 2.00. The summed E-state index contributed by atoms with van der Waals surface area (Å²) in [5, 5.41) is 3.67. The van der Waals surface area contributed by atoms with Crippen LogP contribution >= 0.6 is 0 Å². The number of carbonyl (C=O) groups excluding carboxylic acids is 2. The molecule has 0 bridgehead atoms. The monoisotopic (exact) mass is 401 g/mol. The number of esters is 1. The molecule has 1 aromatic carbocycles. The number of nitrogens with one attached hydrogen (secondary N) is 1. The fourth-order valence-corrected chi connectivity index (χ4v) is 4.19. The standard InChI is InChI=1S/C22H31N3O4/c1-6-29-22(27)19-15(3)24(4)16-9-10-17(28-5)21(20(16)19)23-18(26)13-25-11-7-8-14(2)12-25/h9-10,14H,6-8,11-13H2,1-5H3,(H,23,26). The van der Waals surface area contributed by atoms with Crippen LogP contribution in [0.25, 0.3) is 10.9 Å². The van der Waals surface area contributed by atoms with Gasteiger partial charge in [-0.2, -0.15) is 0 Å². The molecule has 1 aliphatic rings. The Hall–Kier alpha value is -2.54. The minimum absolute atomic E-state index is 0.110. The Kier molecular flexibility index (Phi) is 6.47. The molecule has 2 heterocycles. The van der Waals surface area contributed by atoms with Gasteiger partial charge in [0.2, 0.25) is 5.91 Å². The van der Waals surface area contributed by atoms with Crippen LogP contribution < -0.4 is 10.1 Å². The lowest BCUT2D eigenvalue weighted by atomic mass is 10.0. The number of hydrogen-bond acceptors (Lipinski definition) is 5. The number of amides is 1. The van der Waals surface area contributed by atoms with Gasteiger partial charge in [0, 0.05) is 24.7 Å². The highest BCUT2D eigenvalue weighted by atomic mass is 16.5. The Morgan fingerprint density at radius 3 is 2.72 bits per heavy atom. The molecule has 1 atom stereocenters. The van der Waals surface area contributed by atoms with Gasteiger partial charge in [0.05, 0.1) is 37.0 Å². The summed E-state index contributed by atoms with van der Waals surface area (Å²) in [6.45, 7) is 8.33. The molecule has 1 amide bonds. The number of anilines is 1. The third-order valence-corrected chi connectivity index (χ3v) is 5.69. The smallest absolute Gasteiger partial charge is 0.340 e. The molecule has 158 valence electrons. The zero-order valence-corrected chi connectivity index (χ0v) is 18.0. The summed E-state index contributed by atoms with van der Waals surface area (Å²) < 4.78 is 12.7. The minimum atomic E-state index is -0.399. The number of hydrogen-bond donors (Lipinski definition) is 1. The minimum Gasteiger partial charge on any atom is -0.495 e. The van der Waals surface area contributed by atoms with Gasteiger partial charge in [-0.15, -0.1) is 0 Å². The van der Waals surface area contributed by atoms with Crippen LogP contribution in [0.3, 0.4) is 0 Å². The molecule has 1 saturated heterocycles. The van der Waals surface area contributed by atoms with Gasteiger partial charge in [-0.3, -0.25) is 9.69 Å². The van der Waals surface area contributed by atoms with Gasteiger partial charge >= 0.3 is 5.97 Å². The Morgan fingerprint density at radius 2 is 2.07 bits per heavy atom. The first-order chi connectivity index (χ1) is 13.9. The van der Waals surface area contributed by atoms with Crippen LogP contribution in [-0.2, 0) is 16.6 Å². The molecule has 7 heteroatoms. The van der Waals surface area contributed by atoms with Crippen molar-refractivity contribution in [1.82, 2.24) is 9.47 Å². The van der Waals surface area contributed by atoms with E-state index < -0.39 is 5.97 Å². The molecular formula is C22H31N3O4. The summed E-state index contributed by atoms with van der Waals surface area (Å²) in [5.41, 5.74) is 2.61. The molecule has 0 saturated carbocycles. The first kappa shape index (κ1) is 21.2. The van der Waals surface area contributed by atoms with E-state index in [1.54, 1.807) is 14.0 Å². The summed E-state index contributed by atoms with van der Waals surface area (Å²) in [7, 11) is 3.45. The molecule has 1 aromatic heterocycles. The number of likely N-dealkylation sites (tertiary alicyclic amines) is 1. The van der Waals surface area contributed by atoms with Crippen molar-refractivity contribution in [2.45, 2.75) is 33.6 Å². The van der Waals surface area contributed by atoms with Crippen LogP contribution in [0.2, 0.25) is 0 Å². The van der Waals surface area contributed by atoms with E-state index in [1.165, 1.54) is 6.42 Å². The predicted octanol–water partition coefficient (Wildman–Crippen LogP) is 3.34. The van der Waals surface area contributed by atoms with Crippen LogP contribution in [0.4, 0.5) is 5.69 Å². The van der Waals surface area contributed by atoms with Gasteiger partial charge in [0.25, 0.3) is 0 Å². The second-order valence-corrected chi connectivity index (χ2v) is 7.81. The van der Waals surface area contributed by atoms with E-state index >= 15 is 0 Å². The lowest BCUT2D eigenvalue weighted by Gasteiger charge is -2.30. The normalized spacial score (nSPS) is 17.3. The van der Waals surface area contributed by atoms with Gasteiger partial charge in [-0.1, -0.05) is 6.92 Å². The molecule has 0 radical (unpaired) electrons. The number of benzene rings is 1. The molecular weight excluding hydrogens is 370 g/mol. The highest BCUT2D eigenvalue weighted by Crippen LogP contribution is 2.38. The molecule has 1 unspecified atom stereocenters. The van der Waals surface area contributed by atoms with Crippen LogP contribution in [-0.4, -0.2) is 54.7 Å². The van der Waals surface area contributed by atoms with Crippen molar-refractivity contribution in [2.75, 3.05) is 38.7 Å². The maximum Gasteiger partial charge on any atom is 0.340 e. The summed E-state index contributed by atoms with van der Waals surface area (Å²) in [4.78, 5) is 27.7. The summed E-state index contributed by atoms with van der Waals surface area (Å²) in [6, 6.07) is 3.71. The molecule has 1 fully saturated rings. The van der Waals surface area contributed by atoms with Gasteiger partial charge in [0.15, 0.2) is 0 Å². The van der Waals surface area contributed by atoms with E-state index in [0.717, 1.165) is 30.7 Å². The summed E-state index contributed by atoms with van der Waals surface area (Å²) in [6.07, 6.45) is 2.32. The number of ether oxygens (including phenoxy) is 2. The molecule has 29 heavy (non-hydrogen) atoms. The van der Waals surface area contributed by atoms with Crippen LogP contribution in [0.5, 0.6) is 5.75 Å². The average Bonchev–Trinajstić information content (AvgIpc) is 2.93. The van der Waals surface area contributed by atoms with Gasteiger partial charge in [-0.25, -0.2) is 4.79 Å². The highest BCUT2D eigenvalue weighted by Gasteiger charge is 2.26. The molecule has 0 spiro atoms. The second kappa shape index (κ2) is 8.86. The molecule has 0 aliphatic carbocycles. The Labute approximate surface area is 171 Å². The number of aryl methyl sites for hydroxylation is 1. The molecule has 2 aromatic rings. The number of nitrogens with zero attached hydrogens (tertiary/aromatic N) is 2. The van der Waals surface area contributed by atoms with Gasteiger partial charge in [-0.05, 0) is 51.3 Å². The van der Waals surface area contributed by atoms with E-state index in [0.29, 0.717) is 34.8 Å². The number of methoxy groups -OCH3 is 1. The second-order valence-electron chi connectivity index (χ2n) is 7.81. The number of fused-ring (bicyclic) bond motifs is 1. The number of piperidine rings is 1. The highest BCUT2D eigenvalue weighted by molar-refractivity contribution is 6.14. The SMILES string of the molecule is CCOC(=O)c1c(C)n(C)c2ccc(OC)c(NC(=O)CN3CCCC(C)C3)c12. The predicted molar refractivity (Wildman–Crippen MR) is 114 cm³/mol. The molecule has 3 rings (SSSR count). The average molecular weight is 402 g/mol. The summed E-state index contributed by atoms with van der Waals surface area (Å²) >= 11 is 0. The molecule has 1 N–H and O–H groups in total. The molecule has 1 aliphatic heterocycles. The number of aromatic nitrogens is 1. The maximum atomic E-state index is 12.9. The van der Waals surface area contributed by atoms with Crippen molar-refractivity contribution >= 4 is 28.5 Å². The lowest BCUT2D eigenvalue weighted by molar-refractivity contribution is -0.117. The third-order valence-electron chi connectivity index (χ3n) is 5.69. The van der Waals surface area contributed by atoms with Gasteiger partial charge in [0.1, 0.15) is 5.75 Å². The van der Waals surface area contributed by atoms with Crippen molar-refractivity contribution in [3.05, 3.63) is 23.4 Å². The fraction of sp³-hybridized carbons (Fsp3) is 0.545. The van der Waals surface area contributed by atoms with Crippen molar-refractivity contribution in [3.8, 4) is 5.75 Å². The van der Waals surface area contributed by atoms with Crippen molar-refractivity contribution < 1.29 is 19.1 Å². The lowest BCUT2D eigenvalue weighted by Crippen LogP contribution is -2.39. The van der Waals surface area contributed by atoms with Crippen molar-refractivity contribution in [3.63, 3.8) is 0 Å². The van der Waals surface area contributed by atoms with Crippen molar-refractivity contribution in [2.24, 2.45) is 13.0 Å². The van der Waals surface area contributed by atoms with Crippen molar-refractivity contribution in [1.29, 1.82) is 0 Å². The van der Waals surface area contributed by atoms with E-state index in [9.17, 15) is 9.59 Å². The van der Waals surface area contributed by atoms with Gasteiger partial charge < -0.3 is 19.4 Å².